The Kier molecular flexibility index (Phi) is 11.9. The van der Waals surface area contributed by atoms with Crippen LogP contribution in [0.1, 0.15) is 49.3 Å². The van der Waals surface area contributed by atoms with E-state index in [-0.39, 0.29) is 11.4 Å². The maximum atomic E-state index is 11.4. The van der Waals surface area contributed by atoms with Crippen LogP contribution in [-0.2, 0) is 16.4 Å². The number of sulfonamides is 1. The molecule has 0 aliphatic carbocycles. The van der Waals surface area contributed by atoms with Crippen molar-refractivity contribution in [2.24, 2.45) is 0 Å². The van der Waals surface area contributed by atoms with Crippen molar-refractivity contribution in [2.45, 2.75) is 44.6 Å². The van der Waals surface area contributed by atoms with E-state index in [4.69, 9.17) is 0 Å². The lowest BCUT2D eigenvalue weighted by Crippen LogP contribution is -2.22. The number of rotatable bonds is 16. The van der Waals surface area contributed by atoms with Crippen molar-refractivity contribution in [3.63, 3.8) is 0 Å². The van der Waals surface area contributed by atoms with Crippen molar-refractivity contribution in [1.82, 2.24) is 5.32 Å². The van der Waals surface area contributed by atoms with Crippen LogP contribution in [0.15, 0.2) is 48.5 Å². The number of hydrogen-bond donors (Lipinski definition) is 4. The summed E-state index contributed by atoms with van der Waals surface area (Å²) in [6, 6.07) is 15.1. The number of thioether (sulfide) groups is 1. The van der Waals surface area contributed by atoms with Crippen LogP contribution in [0.2, 0.25) is 0 Å². The molecule has 8 heteroatoms. The van der Waals surface area contributed by atoms with E-state index in [1.807, 2.05) is 11.8 Å². The first kappa shape index (κ1) is 26.5. The minimum Gasteiger partial charge on any atom is -0.506 e. The van der Waals surface area contributed by atoms with Gasteiger partial charge in [-0.3, -0.25) is 4.72 Å². The van der Waals surface area contributed by atoms with Crippen molar-refractivity contribution >= 4 is 27.5 Å². The minimum absolute atomic E-state index is 0.0713. The van der Waals surface area contributed by atoms with Gasteiger partial charge >= 0.3 is 0 Å². The topological polar surface area (TPSA) is 98.7 Å². The Hall–Kier alpha value is -1.74. The number of aliphatic hydroxyl groups excluding tert-OH is 1. The third-order valence-corrected chi connectivity index (χ3v) is 6.77. The Balaban J connectivity index is 1.49. The highest BCUT2D eigenvalue weighted by molar-refractivity contribution is 7.99. The lowest BCUT2D eigenvalue weighted by atomic mass is 10.1. The van der Waals surface area contributed by atoms with Crippen LogP contribution in [0.5, 0.6) is 5.75 Å². The zero-order chi connectivity index (χ0) is 23.2. The van der Waals surface area contributed by atoms with Gasteiger partial charge < -0.3 is 15.5 Å². The molecule has 0 saturated heterocycles. The fourth-order valence-electron chi connectivity index (χ4n) is 3.33. The van der Waals surface area contributed by atoms with Gasteiger partial charge in [0.25, 0.3) is 0 Å². The van der Waals surface area contributed by atoms with Gasteiger partial charge in [0.05, 0.1) is 18.0 Å². The summed E-state index contributed by atoms with van der Waals surface area (Å²) in [5, 5.41) is 23.3. The zero-order valence-corrected chi connectivity index (χ0v) is 20.4. The van der Waals surface area contributed by atoms with Crippen LogP contribution in [0.4, 0.5) is 5.69 Å². The van der Waals surface area contributed by atoms with E-state index in [0.29, 0.717) is 12.1 Å². The average molecular weight is 481 g/mol. The van der Waals surface area contributed by atoms with E-state index in [0.717, 1.165) is 32.1 Å². The first-order chi connectivity index (χ1) is 15.3. The second-order valence-electron chi connectivity index (χ2n) is 7.99. The summed E-state index contributed by atoms with van der Waals surface area (Å²) < 4.78 is 25.0. The van der Waals surface area contributed by atoms with Crippen LogP contribution in [0.25, 0.3) is 0 Å². The Labute approximate surface area is 196 Å². The Morgan fingerprint density at radius 1 is 0.969 bits per heavy atom. The second kappa shape index (κ2) is 14.4. The molecule has 1 atom stereocenters. The molecule has 0 bridgehead atoms. The van der Waals surface area contributed by atoms with E-state index >= 15 is 0 Å². The molecule has 1 unspecified atom stereocenters. The molecule has 0 spiro atoms. The molecule has 0 radical (unpaired) electrons. The van der Waals surface area contributed by atoms with Crippen molar-refractivity contribution in [3.8, 4) is 5.75 Å². The summed E-state index contributed by atoms with van der Waals surface area (Å²) in [5.74, 6) is 2.26. The van der Waals surface area contributed by atoms with Gasteiger partial charge in [0.2, 0.25) is 10.0 Å². The summed E-state index contributed by atoms with van der Waals surface area (Å²) in [5.41, 5.74) is 2.04. The Morgan fingerprint density at radius 2 is 1.69 bits per heavy atom. The summed E-state index contributed by atoms with van der Waals surface area (Å²) in [6.45, 7) is 1.20. The molecule has 6 nitrogen and oxygen atoms in total. The van der Waals surface area contributed by atoms with Crippen LogP contribution in [0, 0.1) is 0 Å². The van der Waals surface area contributed by atoms with E-state index in [1.165, 1.54) is 48.5 Å². The highest BCUT2D eigenvalue weighted by Crippen LogP contribution is 2.27. The fraction of sp³-hybridized carbons (Fsp3) is 0.500. The SMILES string of the molecule is CS(=O)(=O)Nc1cc(C(O)CNCCCCCCSCCCc2ccccc2)ccc1O. The molecule has 0 amide bonds. The number of phenols is 1. The van der Waals surface area contributed by atoms with Crippen LogP contribution < -0.4 is 10.0 Å². The average Bonchev–Trinajstić information content (AvgIpc) is 2.75. The molecule has 0 fully saturated rings. The molecule has 4 N–H and O–H groups in total. The molecule has 0 aliphatic rings. The maximum Gasteiger partial charge on any atom is 0.229 e. The highest BCUT2D eigenvalue weighted by Gasteiger charge is 2.12. The molecular formula is C24H36N2O4S2. The zero-order valence-electron chi connectivity index (χ0n) is 18.8. The molecule has 0 heterocycles. The predicted molar refractivity (Wildman–Crippen MR) is 135 cm³/mol. The molecular weight excluding hydrogens is 444 g/mol. The highest BCUT2D eigenvalue weighted by atomic mass is 32.2. The molecule has 0 aromatic heterocycles. The van der Waals surface area contributed by atoms with Crippen molar-refractivity contribution in [3.05, 3.63) is 59.7 Å². The monoisotopic (exact) mass is 480 g/mol. The normalized spacial score (nSPS) is 12.6. The van der Waals surface area contributed by atoms with Gasteiger partial charge in [-0.05, 0) is 67.0 Å². The molecule has 2 aromatic carbocycles. The largest absolute Gasteiger partial charge is 0.506 e. The van der Waals surface area contributed by atoms with Crippen molar-refractivity contribution < 1.29 is 18.6 Å². The standard InChI is InChI=1S/C24H36N2O4S2/c1-32(29,30)26-22-18-21(13-14-23(22)27)24(28)19-25-15-7-2-3-8-16-31-17-9-12-20-10-5-4-6-11-20/h4-6,10-11,13-14,18,24-28H,2-3,7-9,12,15-17,19H2,1H3. The molecule has 2 rings (SSSR count). The van der Waals surface area contributed by atoms with Gasteiger partial charge in [-0.15, -0.1) is 0 Å². The summed E-state index contributed by atoms with van der Waals surface area (Å²) >= 11 is 2.04. The van der Waals surface area contributed by atoms with Gasteiger partial charge in [-0.25, -0.2) is 8.42 Å². The van der Waals surface area contributed by atoms with Crippen molar-refractivity contribution in [1.29, 1.82) is 0 Å². The van der Waals surface area contributed by atoms with Gasteiger partial charge in [0.1, 0.15) is 5.75 Å². The van der Waals surface area contributed by atoms with E-state index in [1.54, 1.807) is 6.07 Å². The Bertz CT molecular complexity index is 892. The lowest BCUT2D eigenvalue weighted by molar-refractivity contribution is 0.174. The number of aromatic hydroxyl groups is 1. The first-order valence-electron chi connectivity index (χ1n) is 11.2. The van der Waals surface area contributed by atoms with Crippen molar-refractivity contribution in [2.75, 3.05) is 35.6 Å². The molecule has 178 valence electrons. The van der Waals surface area contributed by atoms with Crippen LogP contribution in [0.3, 0.4) is 0 Å². The lowest BCUT2D eigenvalue weighted by Gasteiger charge is -2.14. The number of hydrogen-bond acceptors (Lipinski definition) is 6. The molecule has 0 aliphatic heterocycles. The molecule has 32 heavy (non-hydrogen) atoms. The van der Waals surface area contributed by atoms with Crippen LogP contribution in [-0.4, -0.2) is 49.5 Å². The van der Waals surface area contributed by atoms with E-state index < -0.39 is 16.1 Å². The third-order valence-electron chi connectivity index (χ3n) is 5.03. The second-order valence-corrected chi connectivity index (χ2v) is 11.0. The minimum atomic E-state index is -3.50. The third kappa shape index (κ3) is 11.2. The summed E-state index contributed by atoms with van der Waals surface area (Å²) in [6.07, 6.45) is 7.30. The van der Waals surface area contributed by atoms with Gasteiger partial charge in [-0.2, -0.15) is 11.8 Å². The number of unbranched alkanes of at least 4 members (excludes halogenated alkanes) is 3. The number of phenolic OH excluding ortho intramolecular Hbond substituents is 1. The number of anilines is 1. The van der Waals surface area contributed by atoms with Gasteiger partial charge in [0, 0.05) is 6.54 Å². The first-order valence-corrected chi connectivity index (χ1v) is 14.2. The summed E-state index contributed by atoms with van der Waals surface area (Å²) in [7, 11) is -3.50. The van der Waals surface area contributed by atoms with Gasteiger partial charge in [-0.1, -0.05) is 49.2 Å². The predicted octanol–water partition coefficient (Wildman–Crippen LogP) is 4.31. The van der Waals surface area contributed by atoms with E-state index in [9.17, 15) is 18.6 Å². The van der Waals surface area contributed by atoms with Gasteiger partial charge in [0.15, 0.2) is 0 Å². The molecule has 0 saturated carbocycles. The maximum absolute atomic E-state index is 11.4. The fourth-order valence-corrected chi connectivity index (χ4v) is 4.86. The smallest absolute Gasteiger partial charge is 0.229 e. The summed E-state index contributed by atoms with van der Waals surface area (Å²) in [4.78, 5) is 0. The quantitative estimate of drug-likeness (QED) is 0.211. The van der Waals surface area contributed by atoms with Crippen LogP contribution >= 0.6 is 11.8 Å². The molecule has 2 aromatic rings. The Morgan fingerprint density at radius 3 is 2.44 bits per heavy atom. The number of aryl methyl sites for hydroxylation is 1. The van der Waals surface area contributed by atoms with E-state index in [2.05, 4.69) is 40.4 Å². The number of aliphatic hydroxyl groups is 1. The number of nitrogens with one attached hydrogen (secondary N) is 2. The number of benzene rings is 2.